The van der Waals surface area contributed by atoms with Crippen LogP contribution >= 0.6 is 58.0 Å². The van der Waals surface area contributed by atoms with Gasteiger partial charge in [-0.2, -0.15) is 0 Å². The van der Waals surface area contributed by atoms with Crippen LogP contribution < -0.4 is 0 Å². The van der Waals surface area contributed by atoms with Gasteiger partial charge in [0.2, 0.25) is 3.79 Å². The van der Waals surface area contributed by atoms with Gasteiger partial charge in [-0.05, 0) is 0 Å². The topological polar surface area (TPSA) is 9.23 Å². The first-order valence-corrected chi connectivity index (χ1v) is 3.58. The molecule has 0 atom stereocenters. The molecule has 0 bridgehead atoms. The van der Waals surface area contributed by atoms with E-state index in [1.807, 2.05) is 0 Å². The van der Waals surface area contributed by atoms with Gasteiger partial charge in [-0.3, -0.25) is 0 Å². The molecule has 1 nitrogen and oxygen atoms in total. The van der Waals surface area contributed by atoms with Crippen LogP contribution in [0.1, 0.15) is 0 Å². The molecular weight excluding hydrogens is 229 g/mol. The molecule has 0 heterocycles. The van der Waals surface area contributed by atoms with Crippen LogP contribution in [0.4, 0.5) is 0 Å². The Bertz CT molecular complexity index is 94.9. The first-order valence-electron chi connectivity index (χ1n) is 1.69. The van der Waals surface area contributed by atoms with Crippen LogP contribution in [0.2, 0.25) is 0 Å². The van der Waals surface area contributed by atoms with Gasteiger partial charge in [0.15, 0.2) is 0 Å². The van der Waals surface area contributed by atoms with Crippen molar-refractivity contribution in [2.24, 2.45) is 0 Å². The molecule has 0 amide bonds. The fourth-order valence-electron chi connectivity index (χ4n) is 0.0818. The average molecular weight is 231 g/mol. The zero-order valence-electron chi connectivity index (χ0n) is 4.01. The molecule has 0 N–H and O–H groups in total. The third kappa shape index (κ3) is 2.87. The number of rotatable bonds is 1. The molecule has 0 aromatic rings. The summed E-state index contributed by atoms with van der Waals surface area (Å²) >= 11 is 26.2. The molecule has 0 rings (SSSR count). The fraction of sp³-hybridized carbons (Fsp3) is 0.667. The molecular formula is C3H2Cl5O. The van der Waals surface area contributed by atoms with Crippen molar-refractivity contribution >= 4 is 58.0 Å². The lowest BCUT2D eigenvalue weighted by atomic mass is 10.8. The summed E-state index contributed by atoms with van der Waals surface area (Å²) in [7, 11) is 2.91. The Morgan fingerprint density at radius 1 is 1.00 bits per heavy atom. The van der Waals surface area contributed by atoms with E-state index in [2.05, 4.69) is 11.8 Å². The monoisotopic (exact) mass is 229 g/mol. The van der Waals surface area contributed by atoms with Crippen LogP contribution in [-0.2, 0) is 4.74 Å². The van der Waals surface area contributed by atoms with Crippen molar-refractivity contribution in [1.29, 1.82) is 0 Å². The molecule has 0 fully saturated rings. The minimum atomic E-state index is -1.89. The first kappa shape index (κ1) is 10.4. The Labute approximate surface area is 78.1 Å². The number of hydrogen-bond donors (Lipinski definition) is 0. The lowest BCUT2D eigenvalue weighted by molar-refractivity contribution is 0.175. The highest BCUT2D eigenvalue weighted by Crippen LogP contribution is 2.46. The maximum Gasteiger partial charge on any atom is 0.265 e. The van der Waals surface area contributed by atoms with Crippen molar-refractivity contribution in [1.82, 2.24) is 0 Å². The second-order valence-corrected chi connectivity index (χ2v) is 4.70. The van der Waals surface area contributed by atoms with E-state index in [-0.39, 0.29) is 0 Å². The van der Waals surface area contributed by atoms with E-state index in [4.69, 9.17) is 58.0 Å². The highest BCUT2D eigenvalue weighted by Gasteiger charge is 2.46. The van der Waals surface area contributed by atoms with Crippen LogP contribution in [0, 0.1) is 7.11 Å². The minimum absolute atomic E-state index is 1.89. The van der Waals surface area contributed by atoms with Gasteiger partial charge in [0.25, 0.3) is 4.52 Å². The summed E-state index contributed by atoms with van der Waals surface area (Å²) in [4.78, 5) is 0. The zero-order valence-corrected chi connectivity index (χ0v) is 7.78. The van der Waals surface area contributed by atoms with Gasteiger partial charge in [-0.15, -0.1) is 0 Å². The van der Waals surface area contributed by atoms with Crippen molar-refractivity contribution in [2.45, 2.75) is 8.31 Å². The minimum Gasteiger partial charge on any atom is -0.341 e. The van der Waals surface area contributed by atoms with Crippen molar-refractivity contribution < 1.29 is 4.74 Å². The van der Waals surface area contributed by atoms with E-state index in [1.165, 1.54) is 0 Å². The summed E-state index contributed by atoms with van der Waals surface area (Å²) in [6.07, 6.45) is 0. The van der Waals surface area contributed by atoms with Gasteiger partial charge in [0.05, 0.1) is 7.11 Å². The molecule has 0 unspecified atom stereocenters. The standard InChI is InChI=1S/C3H2Cl5O/c1-9-3(7,8)2(4,5)6/h1H2. The molecule has 9 heavy (non-hydrogen) atoms. The van der Waals surface area contributed by atoms with Crippen LogP contribution in [0.25, 0.3) is 0 Å². The Morgan fingerprint density at radius 3 is 1.33 bits per heavy atom. The van der Waals surface area contributed by atoms with Gasteiger partial charge < -0.3 is 4.74 Å². The van der Waals surface area contributed by atoms with Gasteiger partial charge in [-0.1, -0.05) is 58.0 Å². The molecule has 6 heteroatoms. The molecule has 0 aliphatic carbocycles. The normalized spacial score (nSPS) is 14.0. The summed E-state index contributed by atoms with van der Waals surface area (Å²) < 4.78 is 0.405. The van der Waals surface area contributed by atoms with Crippen LogP contribution in [0.15, 0.2) is 0 Å². The molecule has 0 aliphatic heterocycles. The summed E-state index contributed by atoms with van der Waals surface area (Å²) in [5, 5.41) is 0. The lowest BCUT2D eigenvalue weighted by Gasteiger charge is -2.24. The summed E-state index contributed by atoms with van der Waals surface area (Å²) in [5.41, 5.74) is 0. The number of ether oxygens (including phenoxy) is 1. The van der Waals surface area contributed by atoms with E-state index in [0.717, 1.165) is 0 Å². The molecule has 0 saturated carbocycles. The fourth-order valence-corrected chi connectivity index (χ4v) is 0.245. The van der Waals surface area contributed by atoms with E-state index in [1.54, 1.807) is 0 Å². The quantitative estimate of drug-likeness (QED) is 0.629. The predicted octanol–water partition coefficient (Wildman–Crippen LogP) is 3.30. The molecule has 0 aromatic carbocycles. The molecule has 55 valence electrons. The van der Waals surface area contributed by atoms with E-state index >= 15 is 0 Å². The van der Waals surface area contributed by atoms with Gasteiger partial charge in [-0.25, -0.2) is 0 Å². The summed E-state index contributed by atoms with van der Waals surface area (Å²) in [6, 6.07) is 0. The lowest BCUT2D eigenvalue weighted by Crippen LogP contribution is -2.31. The summed E-state index contributed by atoms with van der Waals surface area (Å²) in [6.45, 7) is 0. The van der Waals surface area contributed by atoms with Crippen LogP contribution in [0.3, 0.4) is 0 Å². The Morgan fingerprint density at radius 2 is 1.33 bits per heavy atom. The Kier molecular flexibility index (Phi) is 3.71. The van der Waals surface area contributed by atoms with Crippen molar-refractivity contribution in [2.75, 3.05) is 0 Å². The van der Waals surface area contributed by atoms with Crippen molar-refractivity contribution in [3.05, 3.63) is 7.11 Å². The highest BCUT2D eigenvalue weighted by molar-refractivity contribution is 6.75. The van der Waals surface area contributed by atoms with E-state index < -0.39 is 8.31 Å². The molecule has 1 radical (unpaired) electrons. The third-order valence-electron chi connectivity index (χ3n) is 0.511. The molecule has 0 spiro atoms. The smallest absolute Gasteiger partial charge is 0.265 e. The van der Waals surface area contributed by atoms with Crippen molar-refractivity contribution in [3.8, 4) is 0 Å². The molecule has 0 saturated heterocycles. The van der Waals surface area contributed by atoms with Gasteiger partial charge in [0.1, 0.15) is 0 Å². The van der Waals surface area contributed by atoms with Crippen LogP contribution in [-0.4, -0.2) is 8.31 Å². The molecule has 0 aliphatic rings. The number of hydrogen-bond acceptors (Lipinski definition) is 1. The number of alkyl halides is 5. The number of halogens is 5. The van der Waals surface area contributed by atoms with Crippen LogP contribution in [0.5, 0.6) is 0 Å². The second-order valence-electron chi connectivity index (χ2n) is 1.16. The third-order valence-corrected chi connectivity index (χ3v) is 2.68. The Balaban J connectivity index is 4.14. The van der Waals surface area contributed by atoms with Crippen molar-refractivity contribution in [3.63, 3.8) is 0 Å². The second kappa shape index (κ2) is 3.21. The highest BCUT2D eigenvalue weighted by atomic mass is 35.6. The van der Waals surface area contributed by atoms with Gasteiger partial charge >= 0.3 is 0 Å². The average Bonchev–Trinajstić information content (AvgIpc) is 1.64. The zero-order chi connectivity index (χ0) is 7.71. The SMILES string of the molecule is [CH2]OC(Cl)(Cl)C(Cl)(Cl)Cl. The van der Waals surface area contributed by atoms with E-state index in [0.29, 0.717) is 0 Å². The predicted molar refractivity (Wildman–Crippen MR) is 41.2 cm³/mol. The van der Waals surface area contributed by atoms with E-state index in [9.17, 15) is 0 Å². The largest absolute Gasteiger partial charge is 0.341 e. The Hall–Kier alpha value is 1.41. The van der Waals surface area contributed by atoms with Gasteiger partial charge in [0, 0.05) is 0 Å². The summed E-state index contributed by atoms with van der Waals surface area (Å²) in [5.74, 6) is 0. The maximum absolute atomic E-state index is 5.28. The maximum atomic E-state index is 5.28. The first-order chi connectivity index (χ1) is 3.81. The molecule has 0 aromatic heterocycles.